The summed E-state index contributed by atoms with van der Waals surface area (Å²) >= 11 is 0. The van der Waals surface area contributed by atoms with Crippen LogP contribution in [-0.4, -0.2) is 34.6 Å². The van der Waals surface area contributed by atoms with Crippen LogP contribution in [0.1, 0.15) is 6.92 Å². The Bertz CT molecular complexity index is 406. The third-order valence-electron chi connectivity index (χ3n) is 1.73. The van der Waals surface area contributed by atoms with Crippen molar-refractivity contribution >= 4 is 17.6 Å². The standard InChI is InChI=1S/C10H12FN3O3/c1-6(15)4-13-9(16)10(17)14-8-3-2-7(11)5-12-8/h2-3,5-6,15H,4H2,1H3,(H,13,16)(H,12,14,17). The van der Waals surface area contributed by atoms with Gasteiger partial charge in [0.1, 0.15) is 11.6 Å². The van der Waals surface area contributed by atoms with Gasteiger partial charge < -0.3 is 15.7 Å². The Kier molecular flexibility index (Phi) is 4.53. The van der Waals surface area contributed by atoms with Crippen LogP contribution >= 0.6 is 0 Å². The zero-order valence-corrected chi connectivity index (χ0v) is 9.11. The second-order valence-electron chi connectivity index (χ2n) is 3.37. The third kappa shape index (κ3) is 4.56. The normalized spacial score (nSPS) is 11.7. The number of aliphatic hydroxyl groups excluding tert-OH is 1. The average molecular weight is 241 g/mol. The number of hydrogen-bond donors (Lipinski definition) is 3. The predicted molar refractivity (Wildman–Crippen MR) is 57.5 cm³/mol. The fourth-order valence-electron chi connectivity index (χ4n) is 0.944. The van der Waals surface area contributed by atoms with Crippen molar-refractivity contribution in [3.63, 3.8) is 0 Å². The number of carbonyl (C=O) groups is 2. The van der Waals surface area contributed by atoms with Gasteiger partial charge >= 0.3 is 11.8 Å². The molecule has 1 rings (SSSR count). The van der Waals surface area contributed by atoms with E-state index in [4.69, 9.17) is 5.11 Å². The Morgan fingerprint density at radius 3 is 2.71 bits per heavy atom. The molecule has 2 amide bonds. The van der Waals surface area contributed by atoms with E-state index in [-0.39, 0.29) is 12.4 Å². The molecule has 0 aliphatic carbocycles. The van der Waals surface area contributed by atoms with Crippen molar-refractivity contribution in [3.05, 3.63) is 24.1 Å². The van der Waals surface area contributed by atoms with Gasteiger partial charge in [-0.15, -0.1) is 0 Å². The number of amides is 2. The molecule has 0 aliphatic heterocycles. The maximum atomic E-state index is 12.5. The van der Waals surface area contributed by atoms with Crippen LogP contribution in [0.3, 0.4) is 0 Å². The number of aliphatic hydroxyl groups is 1. The fourth-order valence-corrected chi connectivity index (χ4v) is 0.944. The van der Waals surface area contributed by atoms with Gasteiger partial charge in [-0.05, 0) is 19.1 Å². The van der Waals surface area contributed by atoms with Crippen LogP contribution in [0.15, 0.2) is 18.3 Å². The van der Waals surface area contributed by atoms with Gasteiger partial charge in [0.2, 0.25) is 0 Å². The zero-order chi connectivity index (χ0) is 12.8. The molecule has 1 atom stereocenters. The molecule has 1 aromatic heterocycles. The Labute approximate surface area is 96.9 Å². The summed E-state index contributed by atoms with van der Waals surface area (Å²) in [6.07, 6.45) is 0.180. The molecule has 0 spiro atoms. The highest BCUT2D eigenvalue weighted by atomic mass is 19.1. The summed E-state index contributed by atoms with van der Waals surface area (Å²) < 4.78 is 12.5. The first kappa shape index (κ1) is 13.0. The molecule has 0 saturated carbocycles. The summed E-state index contributed by atoms with van der Waals surface area (Å²) in [7, 11) is 0. The monoisotopic (exact) mass is 241 g/mol. The first-order valence-electron chi connectivity index (χ1n) is 4.88. The van der Waals surface area contributed by atoms with Crippen LogP contribution in [0.2, 0.25) is 0 Å². The molecule has 1 aromatic rings. The lowest BCUT2D eigenvalue weighted by Gasteiger charge is -2.07. The maximum absolute atomic E-state index is 12.5. The quantitative estimate of drug-likeness (QED) is 0.631. The van der Waals surface area contributed by atoms with E-state index in [2.05, 4.69) is 15.6 Å². The number of halogens is 1. The lowest BCUT2D eigenvalue weighted by atomic mass is 10.4. The molecule has 1 heterocycles. The minimum atomic E-state index is -0.926. The summed E-state index contributed by atoms with van der Waals surface area (Å²) in [5, 5.41) is 13.3. The molecule has 7 heteroatoms. The van der Waals surface area contributed by atoms with Gasteiger partial charge in [-0.1, -0.05) is 0 Å². The van der Waals surface area contributed by atoms with E-state index in [1.165, 1.54) is 13.0 Å². The molecule has 0 saturated heterocycles. The van der Waals surface area contributed by atoms with Crippen molar-refractivity contribution in [3.8, 4) is 0 Å². The molecule has 0 bridgehead atoms. The van der Waals surface area contributed by atoms with Crippen LogP contribution in [0.5, 0.6) is 0 Å². The van der Waals surface area contributed by atoms with Gasteiger partial charge in [0.25, 0.3) is 0 Å². The van der Waals surface area contributed by atoms with Crippen LogP contribution in [0.4, 0.5) is 10.2 Å². The van der Waals surface area contributed by atoms with E-state index in [0.29, 0.717) is 0 Å². The van der Waals surface area contributed by atoms with Gasteiger partial charge in [-0.3, -0.25) is 9.59 Å². The lowest BCUT2D eigenvalue weighted by molar-refractivity contribution is -0.136. The SMILES string of the molecule is CC(O)CNC(=O)C(=O)Nc1ccc(F)cn1. The van der Waals surface area contributed by atoms with E-state index in [9.17, 15) is 14.0 Å². The van der Waals surface area contributed by atoms with E-state index >= 15 is 0 Å². The van der Waals surface area contributed by atoms with E-state index < -0.39 is 23.7 Å². The summed E-state index contributed by atoms with van der Waals surface area (Å²) in [5.41, 5.74) is 0. The Hall–Kier alpha value is -2.02. The number of nitrogens with one attached hydrogen (secondary N) is 2. The molecule has 0 fully saturated rings. The largest absolute Gasteiger partial charge is 0.392 e. The summed E-state index contributed by atoms with van der Waals surface area (Å²) in [6.45, 7) is 1.45. The van der Waals surface area contributed by atoms with Crippen LogP contribution in [0.25, 0.3) is 0 Å². The van der Waals surface area contributed by atoms with Crippen LogP contribution in [-0.2, 0) is 9.59 Å². The highest BCUT2D eigenvalue weighted by molar-refractivity contribution is 6.39. The van der Waals surface area contributed by atoms with Gasteiger partial charge in [-0.2, -0.15) is 0 Å². The van der Waals surface area contributed by atoms with E-state index in [0.717, 1.165) is 12.3 Å². The van der Waals surface area contributed by atoms with Crippen molar-refractivity contribution in [2.24, 2.45) is 0 Å². The van der Waals surface area contributed by atoms with Gasteiger partial charge in [0.05, 0.1) is 12.3 Å². The summed E-state index contributed by atoms with van der Waals surface area (Å²) in [4.78, 5) is 26.0. The van der Waals surface area contributed by atoms with E-state index in [1.807, 2.05) is 0 Å². The number of pyridine rings is 1. The third-order valence-corrected chi connectivity index (χ3v) is 1.73. The number of rotatable bonds is 3. The van der Waals surface area contributed by atoms with Crippen molar-refractivity contribution in [2.75, 3.05) is 11.9 Å². The number of aromatic nitrogens is 1. The average Bonchev–Trinajstić information content (AvgIpc) is 2.28. The number of hydrogen-bond acceptors (Lipinski definition) is 4. The molecule has 6 nitrogen and oxygen atoms in total. The highest BCUT2D eigenvalue weighted by Gasteiger charge is 2.14. The Balaban J connectivity index is 2.48. The lowest BCUT2D eigenvalue weighted by Crippen LogP contribution is -2.38. The number of carbonyl (C=O) groups excluding carboxylic acids is 2. The molecule has 1 unspecified atom stereocenters. The molecule has 92 valence electrons. The molecule has 0 radical (unpaired) electrons. The zero-order valence-electron chi connectivity index (χ0n) is 9.11. The molecular formula is C10H12FN3O3. The topological polar surface area (TPSA) is 91.3 Å². The van der Waals surface area contributed by atoms with Crippen molar-refractivity contribution in [2.45, 2.75) is 13.0 Å². The Morgan fingerprint density at radius 1 is 1.47 bits per heavy atom. The Morgan fingerprint density at radius 2 is 2.18 bits per heavy atom. The molecule has 0 aromatic carbocycles. The van der Waals surface area contributed by atoms with E-state index in [1.54, 1.807) is 0 Å². The number of anilines is 1. The van der Waals surface area contributed by atoms with Crippen molar-refractivity contribution in [1.82, 2.24) is 10.3 Å². The van der Waals surface area contributed by atoms with Crippen LogP contribution in [0, 0.1) is 5.82 Å². The summed E-state index contributed by atoms with van der Waals surface area (Å²) in [5.74, 6) is -2.29. The van der Waals surface area contributed by atoms with Gasteiger partial charge in [0, 0.05) is 6.54 Å². The smallest absolute Gasteiger partial charge is 0.314 e. The minimum absolute atomic E-state index is 0.0247. The molecule has 3 N–H and O–H groups in total. The van der Waals surface area contributed by atoms with Crippen molar-refractivity contribution in [1.29, 1.82) is 0 Å². The molecule has 0 aliphatic rings. The van der Waals surface area contributed by atoms with Crippen molar-refractivity contribution < 1.29 is 19.1 Å². The summed E-state index contributed by atoms with van der Waals surface area (Å²) in [6, 6.07) is 2.34. The second-order valence-corrected chi connectivity index (χ2v) is 3.37. The van der Waals surface area contributed by atoms with Gasteiger partial charge in [-0.25, -0.2) is 9.37 Å². The first-order valence-corrected chi connectivity index (χ1v) is 4.88. The van der Waals surface area contributed by atoms with Crippen LogP contribution < -0.4 is 10.6 Å². The predicted octanol–water partition coefficient (Wildman–Crippen LogP) is -0.344. The molecule has 17 heavy (non-hydrogen) atoms. The number of nitrogens with zero attached hydrogens (tertiary/aromatic N) is 1. The first-order chi connectivity index (χ1) is 7.99. The second kappa shape index (κ2) is 5.90. The van der Waals surface area contributed by atoms with Gasteiger partial charge in [0.15, 0.2) is 0 Å². The molecular weight excluding hydrogens is 229 g/mol. The maximum Gasteiger partial charge on any atom is 0.314 e. The highest BCUT2D eigenvalue weighted by Crippen LogP contribution is 2.02. The fraction of sp³-hybridized carbons (Fsp3) is 0.300. The minimum Gasteiger partial charge on any atom is -0.392 e.